The molecule has 46 heavy (non-hydrogen) atoms. The molecule has 0 radical (unpaired) electrons. The van der Waals surface area contributed by atoms with Crippen molar-refractivity contribution >= 4 is 29.3 Å². The molecular formula is C33H42F2N4O7. The summed E-state index contributed by atoms with van der Waals surface area (Å²) in [4.78, 5) is 50.4. The number of carbonyl (C=O) groups is 3. The predicted octanol–water partition coefficient (Wildman–Crippen LogP) is 4.79. The summed E-state index contributed by atoms with van der Waals surface area (Å²) in [6.45, 7) is 6.23. The van der Waals surface area contributed by atoms with Gasteiger partial charge >= 0.3 is 6.09 Å². The van der Waals surface area contributed by atoms with Gasteiger partial charge in [-0.15, -0.1) is 0 Å². The van der Waals surface area contributed by atoms with E-state index in [2.05, 4.69) is 15.3 Å². The monoisotopic (exact) mass is 644 g/mol. The van der Waals surface area contributed by atoms with Gasteiger partial charge in [0.1, 0.15) is 29.8 Å². The van der Waals surface area contributed by atoms with E-state index in [1.54, 1.807) is 25.1 Å². The Hall–Kier alpha value is -3.61. The maximum absolute atomic E-state index is 16.0. The van der Waals surface area contributed by atoms with Crippen LogP contribution in [0.4, 0.5) is 13.6 Å². The van der Waals surface area contributed by atoms with Gasteiger partial charge in [-0.2, -0.15) is 8.78 Å². The molecule has 3 aliphatic heterocycles. The molecule has 13 heteroatoms. The molecule has 2 aromatic rings. The number of alkyl halides is 2. The van der Waals surface area contributed by atoms with Crippen LogP contribution in [0.25, 0.3) is 11.0 Å². The van der Waals surface area contributed by atoms with Crippen molar-refractivity contribution < 1.29 is 42.1 Å². The zero-order chi connectivity index (χ0) is 32.9. The fourth-order valence-corrected chi connectivity index (χ4v) is 7.18. The highest BCUT2D eigenvalue weighted by Gasteiger charge is 2.55. The molecule has 2 amide bonds. The number of nitrogens with one attached hydrogen (secondary N) is 1. The van der Waals surface area contributed by atoms with Crippen molar-refractivity contribution in [1.29, 1.82) is 0 Å². The van der Waals surface area contributed by atoms with Crippen LogP contribution in [0.1, 0.15) is 71.4 Å². The molecule has 6 rings (SSSR count). The molecule has 1 saturated carbocycles. The Balaban J connectivity index is 1.40. The standard InChI is InChI=1S/C33H42F2N4O7/c1-19-24(18-40)39-17-25(19)45-28-26(36-22-9-8-21(43-4)15-23(22)37-28)33(34,35)10-6-5-7-20-16-32(20,3)46-30(42)38-27(29(39)41)31(2)11-13-44-14-12-31/h8-9,15,18-20,24-25,27H,5-7,10-14,16-17H2,1-4H3,(H,38,42)/t19-,20+,24+,25-,27+,32+/m0/s1. The average Bonchev–Trinajstić information content (AvgIpc) is 3.55. The number of hydrogen-bond donors (Lipinski definition) is 1. The van der Waals surface area contributed by atoms with Crippen LogP contribution in [0.15, 0.2) is 18.2 Å². The molecule has 2 bridgehead atoms. The highest BCUT2D eigenvalue weighted by molar-refractivity contribution is 5.89. The van der Waals surface area contributed by atoms with Crippen molar-refractivity contribution in [2.75, 3.05) is 26.9 Å². The Labute approximate surface area is 266 Å². The van der Waals surface area contributed by atoms with Crippen molar-refractivity contribution in [3.8, 4) is 11.6 Å². The summed E-state index contributed by atoms with van der Waals surface area (Å²) in [6.07, 6.45) is 1.57. The molecule has 1 aromatic heterocycles. The SMILES string of the molecule is COc1ccc2nc3c(nc2c1)O[C@H]1CN(C(=O)[C@H](C2(C)CCOCC2)NC(=O)O[C@]2(C)C[C@H]2CCCCC3(F)F)[C@H](C=O)[C@@H]1C. The molecule has 3 fully saturated rings. The largest absolute Gasteiger partial charge is 0.497 e. The van der Waals surface area contributed by atoms with Gasteiger partial charge in [0.2, 0.25) is 11.8 Å². The Kier molecular flexibility index (Phi) is 8.58. The second-order valence-electron chi connectivity index (χ2n) is 13.8. The van der Waals surface area contributed by atoms with Gasteiger partial charge in [-0.3, -0.25) is 4.79 Å². The minimum atomic E-state index is -3.37. The quantitative estimate of drug-likeness (QED) is 0.469. The number of aromatic nitrogens is 2. The van der Waals surface area contributed by atoms with E-state index in [9.17, 15) is 14.4 Å². The van der Waals surface area contributed by atoms with E-state index in [1.165, 1.54) is 12.0 Å². The summed E-state index contributed by atoms with van der Waals surface area (Å²) in [6, 6.07) is 2.86. The van der Waals surface area contributed by atoms with E-state index < -0.39 is 65.2 Å². The number of rotatable bonds is 3. The van der Waals surface area contributed by atoms with Crippen molar-refractivity contribution in [3.63, 3.8) is 0 Å². The minimum absolute atomic E-state index is 0.0209. The number of hydrogen-bond acceptors (Lipinski definition) is 9. The third-order valence-electron chi connectivity index (χ3n) is 10.5. The molecule has 1 aliphatic carbocycles. The van der Waals surface area contributed by atoms with Gasteiger partial charge in [0.05, 0.1) is 30.7 Å². The fourth-order valence-electron chi connectivity index (χ4n) is 7.18. The Morgan fingerprint density at radius 3 is 2.57 bits per heavy atom. The lowest BCUT2D eigenvalue weighted by Gasteiger charge is -2.41. The number of nitrogens with zero attached hydrogens (tertiary/aromatic N) is 3. The molecule has 1 N–H and O–H groups in total. The first kappa shape index (κ1) is 32.3. The number of amides is 2. The lowest BCUT2D eigenvalue weighted by molar-refractivity contribution is -0.142. The molecule has 0 spiro atoms. The van der Waals surface area contributed by atoms with E-state index in [-0.39, 0.29) is 30.3 Å². The second kappa shape index (κ2) is 12.2. The molecule has 4 aliphatic rings. The van der Waals surface area contributed by atoms with Crippen LogP contribution in [0.3, 0.4) is 0 Å². The molecule has 0 unspecified atom stereocenters. The lowest BCUT2D eigenvalue weighted by atomic mass is 9.75. The van der Waals surface area contributed by atoms with Crippen LogP contribution in [-0.2, 0) is 25.0 Å². The third-order valence-corrected chi connectivity index (χ3v) is 10.5. The van der Waals surface area contributed by atoms with Crippen LogP contribution in [0.2, 0.25) is 0 Å². The van der Waals surface area contributed by atoms with Crippen molar-refractivity contribution in [2.24, 2.45) is 17.3 Å². The van der Waals surface area contributed by atoms with E-state index >= 15 is 8.78 Å². The van der Waals surface area contributed by atoms with E-state index in [4.69, 9.17) is 18.9 Å². The minimum Gasteiger partial charge on any atom is -0.497 e. The van der Waals surface area contributed by atoms with Gasteiger partial charge in [0.25, 0.3) is 5.92 Å². The number of alkyl carbamates (subject to hydrolysis) is 1. The third kappa shape index (κ3) is 6.10. The number of carbonyl (C=O) groups excluding carboxylic acids is 3. The molecule has 1 aromatic carbocycles. The highest BCUT2D eigenvalue weighted by Crippen LogP contribution is 2.50. The Morgan fingerprint density at radius 1 is 1.09 bits per heavy atom. The number of halogens is 2. The molecule has 11 nitrogen and oxygen atoms in total. The zero-order valence-corrected chi connectivity index (χ0v) is 26.7. The van der Waals surface area contributed by atoms with Gasteiger partial charge in [-0.05, 0) is 51.2 Å². The van der Waals surface area contributed by atoms with Gasteiger partial charge in [0.15, 0.2) is 5.69 Å². The number of fused-ring (bicyclic) bond motifs is 5. The summed E-state index contributed by atoms with van der Waals surface area (Å²) in [5, 5.41) is 2.87. The van der Waals surface area contributed by atoms with Gasteiger partial charge in [-0.25, -0.2) is 14.8 Å². The summed E-state index contributed by atoms with van der Waals surface area (Å²) in [7, 11) is 1.49. The van der Waals surface area contributed by atoms with Crippen LogP contribution in [0.5, 0.6) is 11.6 Å². The lowest BCUT2D eigenvalue weighted by Crippen LogP contribution is -2.59. The van der Waals surface area contributed by atoms with Gasteiger partial charge in [0, 0.05) is 43.0 Å². The van der Waals surface area contributed by atoms with Gasteiger partial charge in [-0.1, -0.05) is 20.3 Å². The molecule has 250 valence electrons. The number of methoxy groups -OCH3 is 1. The molecule has 4 heterocycles. The summed E-state index contributed by atoms with van der Waals surface area (Å²) in [5.41, 5.74) is -1.42. The van der Waals surface area contributed by atoms with Crippen molar-refractivity contribution in [2.45, 2.75) is 95.4 Å². The van der Waals surface area contributed by atoms with Gasteiger partial charge < -0.3 is 34.0 Å². The van der Waals surface area contributed by atoms with E-state index in [0.717, 1.165) is 0 Å². The molecule has 2 saturated heterocycles. The van der Waals surface area contributed by atoms with Crippen LogP contribution >= 0.6 is 0 Å². The fraction of sp³-hybridized carbons (Fsp3) is 0.667. The van der Waals surface area contributed by atoms with Crippen molar-refractivity contribution in [3.05, 3.63) is 23.9 Å². The van der Waals surface area contributed by atoms with Crippen LogP contribution in [-0.4, -0.2) is 83.8 Å². The number of benzene rings is 1. The van der Waals surface area contributed by atoms with E-state index in [1.807, 2.05) is 13.8 Å². The summed E-state index contributed by atoms with van der Waals surface area (Å²) >= 11 is 0. The first-order chi connectivity index (χ1) is 21.9. The first-order valence-electron chi connectivity index (χ1n) is 16.1. The highest BCUT2D eigenvalue weighted by atomic mass is 19.3. The van der Waals surface area contributed by atoms with Crippen LogP contribution < -0.4 is 14.8 Å². The maximum Gasteiger partial charge on any atom is 0.408 e. The molecule has 6 atom stereocenters. The molecular weight excluding hydrogens is 602 g/mol. The number of aldehydes is 1. The Morgan fingerprint density at radius 2 is 1.85 bits per heavy atom. The predicted molar refractivity (Wildman–Crippen MR) is 162 cm³/mol. The summed E-state index contributed by atoms with van der Waals surface area (Å²) < 4.78 is 54.9. The normalized spacial score (nSPS) is 32.9. The number of ether oxygens (including phenoxy) is 4. The topological polar surface area (TPSA) is 129 Å². The zero-order valence-electron chi connectivity index (χ0n) is 26.7. The summed E-state index contributed by atoms with van der Waals surface area (Å²) in [5.74, 6) is -4.25. The van der Waals surface area contributed by atoms with Crippen molar-refractivity contribution in [1.82, 2.24) is 20.2 Å². The smallest absolute Gasteiger partial charge is 0.408 e. The first-order valence-corrected chi connectivity index (χ1v) is 16.1. The maximum atomic E-state index is 16.0. The Bertz CT molecular complexity index is 1500. The van der Waals surface area contributed by atoms with Crippen LogP contribution in [0, 0.1) is 17.3 Å². The average molecular weight is 645 g/mol. The van der Waals surface area contributed by atoms with E-state index in [0.29, 0.717) is 62.9 Å². The second-order valence-corrected chi connectivity index (χ2v) is 13.8.